The van der Waals surface area contributed by atoms with Crippen LogP contribution < -0.4 is 5.32 Å². The van der Waals surface area contributed by atoms with Crippen molar-refractivity contribution in [3.05, 3.63) is 41.2 Å². The summed E-state index contributed by atoms with van der Waals surface area (Å²) in [6.07, 6.45) is 0. The van der Waals surface area contributed by atoms with Gasteiger partial charge in [0.1, 0.15) is 11.4 Å². The van der Waals surface area contributed by atoms with Crippen LogP contribution in [0.3, 0.4) is 0 Å². The largest absolute Gasteiger partial charge is 0.379 e. The van der Waals surface area contributed by atoms with E-state index in [9.17, 15) is 0 Å². The summed E-state index contributed by atoms with van der Waals surface area (Å²) >= 11 is 0. The molecule has 1 aromatic heterocycles. The number of nitrogens with zero attached hydrogens (tertiary/aromatic N) is 2. The molecule has 2 rings (SSSR count). The van der Waals surface area contributed by atoms with Crippen LogP contribution >= 0.6 is 0 Å². The highest BCUT2D eigenvalue weighted by atomic mass is 16.6. The van der Waals surface area contributed by atoms with Gasteiger partial charge in [0.15, 0.2) is 0 Å². The van der Waals surface area contributed by atoms with Crippen LogP contribution in [0.1, 0.15) is 17.0 Å². The Bertz CT molecular complexity index is 451. The Morgan fingerprint density at radius 2 is 2.13 bits per heavy atom. The number of hydrogen-bond donors (Lipinski definition) is 1. The fourth-order valence-electron chi connectivity index (χ4n) is 1.35. The highest BCUT2D eigenvalue weighted by Gasteiger charge is 2.03. The number of aromatic nitrogens is 2. The third-order valence-corrected chi connectivity index (χ3v) is 2.22. The molecule has 15 heavy (non-hydrogen) atoms. The minimum absolute atomic E-state index is 0.638. The summed E-state index contributed by atoms with van der Waals surface area (Å²) in [6, 6.07) is 8.19. The van der Waals surface area contributed by atoms with E-state index < -0.39 is 0 Å². The van der Waals surface area contributed by atoms with Gasteiger partial charge in [0.25, 0.3) is 0 Å². The maximum absolute atomic E-state index is 4.62. The summed E-state index contributed by atoms with van der Waals surface area (Å²) < 4.78 is 4.62. The van der Waals surface area contributed by atoms with Gasteiger partial charge in [-0.05, 0) is 31.5 Å². The summed E-state index contributed by atoms with van der Waals surface area (Å²) in [5.41, 5.74) is 3.99. The van der Waals surface area contributed by atoms with Gasteiger partial charge in [-0.25, -0.2) is 4.63 Å². The first-order chi connectivity index (χ1) is 7.25. The number of hydrogen-bond acceptors (Lipinski definition) is 4. The maximum Gasteiger partial charge on any atom is 0.127 e. The van der Waals surface area contributed by atoms with Crippen molar-refractivity contribution in [2.24, 2.45) is 0 Å². The van der Waals surface area contributed by atoms with Gasteiger partial charge in [-0.15, -0.1) is 0 Å². The molecule has 0 saturated heterocycles. The molecular formula is C11H13N3O. The van der Waals surface area contributed by atoms with Crippen LogP contribution in [0.25, 0.3) is 0 Å². The first-order valence-corrected chi connectivity index (χ1v) is 4.84. The molecule has 0 aliphatic carbocycles. The molecule has 2 aromatic rings. The third kappa shape index (κ3) is 2.34. The van der Waals surface area contributed by atoms with Crippen LogP contribution in [0.4, 0.5) is 5.69 Å². The Labute approximate surface area is 88.3 Å². The first-order valence-electron chi connectivity index (χ1n) is 4.84. The lowest BCUT2D eigenvalue weighted by molar-refractivity contribution is 0.301. The maximum atomic E-state index is 4.62. The quantitative estimate of drug-likeness (QED) is 0.831. The van der Waals surface area contributed by atoms with Gasteiger partial charge in [0, 0.05) is 5.69 Å². The zero-order valence-corrected chi connectivity index (χ0v) is 8.82. The molecule has 4 nitrogen and oxygen atoms in total. The predicted octanol–water partition coefficient (Wildman–Crippen LogP) is 2.30. The van der Waals surface area contributed by atoms with Gasteiger partial charge >= 0.3 is 0 Å². The van der Waals surface area contributed by atoms with Crippen LogP contribution in [0, 0.1) is 13.8 Å². The second-order valence-electron chi connectivity index (χ2n) is 3.52. The molecule has 0 amide bonds. The van der Waals surface area contributed by atoms with Crippen molar-refractivity contribution in [2.75, 3.05) is 5.32 Å². The third-order valence-electron chi connectivity index (χ3n) is 2.22. The Kier molecular flexibility index (Phi) is 2.67. The number of nitrogens with one attached hydrogen (secondary N) is 1. The van der Waals surface area contributed by atoms with Crippen LogP contribution in [0.2, 0.25) is 0 Å². The predicted molar refractivity (Wildman–Crippen MR) is 57.5 cm³/mol. The van der Waals surface area contributed by atoms with E-state index in [0.29, 0.717) is 6.54 Å². The lowest BCUT2D eigenvalue weighted by Gasteiger charge is -2.04. The van der Waals surface area contributed by atoms with Crippen LogP contribution in [-0.4, -0.2) is 10.3 Å². The van der Waals surface area contributed by atoms with Crippen molar-refractivity contribution < 1.29 is 4.63 Å². The SMILES string of the molecule is Cc1cccc(NCc2nonc2C)c1. The summed E-state index contributed by atoms with van der Waals surface area (Å²) in [7, 11) is 0. The zero-order valence-electron chi connectivity index (χ0n) is 8.82. The second kappa shape index (κ2) is 4.13. The minimum Gasteiger partial charge on any atom is -0.379 e. The highest BCUT2D eigenvalue weighted by molar-refractivity contribution is 5.45. The van der Waals surface area contributed by atoms with Gasteiger partial charge in [0.05, 0.1) is 6.54 Å². The molecule has 0 aliphatic rings. The van der Waals surface area contributed by atoms with E-state index in [1.807, 2.05) is 19.1 Å². The van der Waals surface area contributed by atoms with E-state index >= 15 is 0 Å². The smallest absolute Gasteiger partial charge is 0.127 e. The standard InChI is InChI=1S/C11H13N3O/c1-8-4-3-5-10(6-8)12-7-11-9(2)13-15-14-11/h3-6,12H,7H2,1-2H3. The van der Waals surface area contributed by atoms with E-state index in [-0.39, 0.29) is 0 Å². The zero-order chi connectivity index (χ0) is 10.7. The van der Waals surface area contributed by atoms with Gasteiger partial charge in [0.2, 0.25) is 0 Å². The normalized spacial score (nSPS) is 10.3. The molecule has 0 fully saturated rings. The minimum atomic E-state index is 0.638. The second-order valence-corrected chi connectivity index (χ2v) is 3.52. The molecule has 0 aliphatic heterocycles. The van der Waals surface area contributed by atoms with Crippen molar-refractivity contribution in [1.29, 1.82) is 0 Å². The summed E-state index contributed by atoms with van der Waals surface area (Å²) in [5, 5.41) is 10.8. The molecule has 4 heteroatoms. The number of rotatable bonds is 3. The molecule has 1 heterocycles. The first kappa shape index (κ1) is 9.71. The lowest BCUT2D eigenvalue weighted by atomic mass is 10.2. The topological polar surface area (TPSA) is 51.0 Å². The fourth-order valence-corrected chi connectivity index (χ4v) is 1.35. The van der Waals surface area contributed by atoms with Crippen molar-refractivity contribution >= 4 is 5.69 Å². The van der Waals surface area contributed by atoms with Gasteiger partial charge < -0.3 is 5.32 Å². The van der Waals surface area contributed by atoms with Crippen LogP contribution in [-0.2, 0) is 6.54 Å². The van der Waals surface area contributed by atoms with Crippen LogP contribution in [0.5, 0.6) is 0 Å². The molecular weight excluding hydrogens is 190 g/mol. The van der Waals surface area contributed by atoms with E-state index in [1.165, 1.54) is 5.56 Å². The average molecular weight is 203 g/mol. The van der Waals surface area contributed by atoms with Crippen molar-refractivity contribution in [3.8, 4) is 0 Å². The number of anilines is 1. The molecule has 78 valence electrons. The monoisotopic (exact) mass is 203 g/mol. The van der Waals surface area contributed by atoms with Gasteiger partial charge in [-0.3, -0.25) is 0 Å². The van der Waals surface area contributed by atoms with Crippen molar-refractivity contribution in [3.63, 3.8) is 0 Å². The van der Waals surface area contributed by atoms with Gasteiger partial charge in [-0.2, -0.15) is 0 Å². The van der Waals surface area contributed by atoms with Crippen molar-refractivity contribution in [1.82, 2.24) is 10.3 Å². The molecule has 0 radical (unpaired) electrons. The summed E-state index contributed by atoms with van der Waals surface area (Å²) in [5.74, 6) is 0. The molecule has 0 atom stereocenters. The highest BCUT2D eigenvalue weighted by Crippen LogP contribution is 2.11. The van der Waals surface area contributed by atoms with E-state index in [1.54, 1.807) is 0 Å². The average Bonchev–Trinajstić information content (AvgIpc) is 2.61. The van der Waals surface area contributed by atoms with Gasteiger partial charge in [-0.1, -0.05) is 22.4 Å². The number of benzene rings is 1. The number of aryl methyl sites for hydroxylation is 2. The molecule has 0 spiro atoms. The lowest BCUT2D eigenvalue weighted by Crippen LogP contribution is -2.01. The summed E-state index contributed by atoms with van der Waals surface area (Å²) in [4.78, 5) is 0. The van der Waals surface area contributed by atoms with E-state index in [0.717, 1.165) is 17.1 Å². The molecule has 1 N–H and O–H groups in total. The summed E-state index contributed by atoms with van der Waals surface area (Å²) in [6.45, 7) is 4.58. The molecule has 1 aromatic carbocycles. The van der Waals surface area contributed by atoms with E-state index in [2.05, 4.69) is 39.3 Å². The molecule has 0 saturated carbocycles. The Balaban J connectivity index is 2.02. The Morgan fingerprint density at radius 3 is 2.80 bits per heavy atom. The Hall–Kier alpha value is -1.84. The van der Waals surface area contributed by atoms with E-state index in [4.69, 9.17) is 0 Å². The molecule has 0 unspecified atom stereocenters. The molecule has 0 bridgehead atoms. The fraction of sp³-hybridized carbons (Fsp3) is 0.273. The van der Waals surface area contributed by atoms with Crippen molar-refractivity contribution in [2.45, 2.75) is 20.4 Å². The van der Waals surface area contributed by atoms with Crippen LogP contribution in [0.15, 0.2) is 28.9 Å². The Morgan fingerprint density at radius 1 is 1.27 bits per heavy atom.